The second-order valence-corrected chi connectivity index (χ2v) is 15.0. The highest BCUT2D eigenvalue weighted by molar-refractivity contribution is 5.33. The van der Waals surface area contributed by atoms with Gasteiger partial charge in [0.05, 0.1) is 11.7 Å². The van der Waals surface area contributed by atoms with Gasteiger partial charge in [0.1, 0.15) is 0 Å². The summed E-state index contributed by atoms with van der Waals surface area (Å²) in [5.74, 6) is 3.79. The Morgan fingerprint density at radius 3 is 2.35 bits per heavy atom. The lowest BCUT2D eigenvalue weighted by molar-refractivity contribution is -0.0674. The van der Waals surface area contributed by atoms with Crippen LogP contribution in [0.2, 0.25) is 0 Å². The van der Waals surface area contributed by atoms with Crippen molar-refractivity contribution in [3.8, 4) is 0 Å². The number of nitrogens with one attached hydrogen (secondary N) is 1. The highest BCUT2D eigenvalue weighted by Crippen LogP contribution is 2.64. The number of aliphatic hydroxyl groups excluding tert-OH is 1. The monoisotopic (exact) mass is 511 g/mol. The molecule has 37 heavy (non-hydrogen) atoms. The van der Waals surface area contributed by atoms with Crippen molar-refractivity contribution >= 4 is 0 Å². The van der Waals surface area contributed by atoms with Gasteiger partial charge in [-0.15, -0.1) is 0 Å². The van der Waals surface area contributed by atoms with Crippen LogP contribution in [0.3, 0.4) is 0 Å². The molecule has 7 unspecified atom stereocenters. The molecule has 3 heteroatoms. The maximum atomic E-state index is 11.3. The Morgan fingerprint density at radius 1 is 0.838 bits per heavy atom. The van der Waals surface area contributed by atoms with Crippen LogP contribution in [0.15, 0.2) is 11.1 Å². The maximum absolute atomic E-state index is 11.3. The highest BCUT2D eigenvalue weighted by Gasteiger charge is 2.58. The van der Waals surface area contributed by atoms with Gasteiger partial charge in [-0.3, -0.25) is 0 Å². The summed E-state index contributed by atoms with van der Waals surface area (Å²) in [6.07, 6.45) is 23.7. The number of aliphatic hydroxyl groups is 1. The van der Waals surface area contributed by atoms with E-state index in [1.807, 2.05) is 11.1 Å². The van der Waals surface area contributed by atoms with Crippen molar-refractivity contribution in [2.75, 3.05) is 6.61 Å². The molecule has 7 atom stereocenters. The van der Waals surface area contributed by atoms with E-state index in [1.54, 1.807) is 0 Å². The van der Waals surface area contributed by atoms with Crippen LogP contribution in [0.5, 0.6) is 0 Å². The second kappa shape index (κ2) is 10.9. The van der Waals surface area contributed by atoms with E-state index in [0.29, 0.717) is 0 Å². The van der Waals surface area contributed by atoms with Crippen molar-refractivity contribution in [2.24, 2.45) is 35.0 Å². The summed E-state index contributed by atoms with van der Waals surface area (Å²) in [5, 5.41) is 15.3. The molecule has 210 valence electrons. The molecule has 0 aliphatic heterocycles. The van der Waals surface area contributed by atoms with Gasteiger partial charge >= 0.3 is 0 Å². The summed E-state index contributed by atoms with van der Waals surface area (Å²) in [5.41, 5.74) is 4.08. The largest absolute Gasteiger partial charge is 0.393 e. The molecule has 6 aliphatic carbocycles. The number of fused-ring (bicyclic) bond motifs is 4. The highest BCUT2D eigenvalue weighted by atomic mass is 16.5. The molecule has 6 aliphatic rings. The molecule has 2 N–H and O–H groups in total. The molecule has 0 saturated heterocycles. The summed E-state index contributed by atoms with van der Waals surface area (Å²) in [6.45, 7) is 8.04. The first-order chi connectivity index (χ1) is 17.9. The number of allylic oxidation sites excluding steroid dienone is 2. The van der Waals surface area contributed by atoms with Gasteiger partial charge in [-0.05, 0) is 138 Å². The first kappa shape index (κ1) is 26.8. The van der Waals surface area contributed by atoms with E-state index in [4.69, 9.17) is 4.74 Å². The lowest BCUT2D eigenvalue weighted by Gasteiger charge is -2.56. The van der Waals surface area contributed by atoms with Crippen molar-refractivity contribution in [2.45, 2.75) is 160 Å². The number of ether oxygens (including phenoxy) is 1. The van der Waals surface area contributed by atoms with Gasteiger partial charge in [-0.25, -0.2) is 0 Å². The molecule has 0 aromatic heterocycles. The molecule has 3 nitrogen and oxygen atoms in total. The standard InChI is InChI=1S/C34H57NO2/c1-4-20-37-33(2)19-18-27-24(21-33)12-15-28-30-16-17-31(36)34(30,3)22-29(32(27)28)23-10-13-26(14-11-23)35-25-8-6-5-7-9-25/h23-26,28-31,35-36H,4-22H2,1-3H3. The van der Waals surface area contributed by atoms with E-state index in [1.165, 1.54) is 103 Å². The molecule has 0 aromatic carbocycles. The quantitative estimate of drug-likeness (QED) is 0.355. The van der Waals surface area contributed by atoms with Crippen molar-refractivity contribution in [3.63, 3.8) is 0 Å². The lowest BCUT2D eigenvalue weighted by atomic mass is 9.50. The first-order valence-corrected chi connectivity index (χ1v) is 16.7. The zero-order valence-electron chi connectivity index (χ0n) is 24.4. The van der Waals surface area contributed by atoms with Gasteiger partial charge < -0.3 is 15.2 Å². The fraction of sp³-hybridized carbons (Fsp3) is 0.941. The van der Waals surface area contributed by atoms with E-state index in [0.717, 1.165) is 61.1 Å². The minimum absolute atomic E-state index is 0.0781. The normalized spacial score (nSPS) is 46.9. The average molecular weight is 512 g/mol. The van der Waals surface area contributed by atoms with Crippen LogP contribution < -0.4 is 5.32 Å². The zero-order valence-corrected chi connectivity index (χ0v) is 24.4. The van der Waals surface area contributed by atoms with Crippen molar-refractivity contribution in [1.29, 1.82) is 0 Å². The fourth-order valence-electron chi connectivity index (χ4n) is 10.7. The molecule has 0 aromatic rings. The van der Waals surface area contributed by atoms with E-state index < -0.39 is 0 Å². The Hall–Kier alpha value is -0.380. The average Bonchev–Trinajstić information content (AvgIpc) is 3.21. The lowest BCUT2D eigenvalue weighted by Crippen LogP contribution is -2.50. The Kier molecular flexibility index (Phi) is 7.89. The molecule has 6 rings (SSSR count). The third kappa shape index (κ3) is 5.13. The van der Waals surface area contributed by atoms with Gasteiger partial charge in [0.15, 0.2) is 0 Å². The fourth-order valence-corrected chi connectivity index (χ4v) is 10.7. The number of hydrogen-bond acceptors (Lipinski definition) is 3. The van der Waals surface area contributed by atoms with Crippen LogP contribution in [0.4, 0.5) is 0 Å². The third-order valence-electron chi connectivity index (χ3n) is 12.7. The Labute approximate surface area is 228 Å². The van der Waals surface area contributed by atoms with E-state index >= 15 is 0 Å². The Balaban J connectivity index is 1.22. The van der Waals surface area contributed by atoms with Crippen molar-refractivity contribution in [1.82, 2.24) is 5.32 Å². The smallest absolute Gasteiger partial charge is 0.0663 e. The van der Waals surface area contributed by atoms with Crippen LogP contribution in [-0.4, -0.2) is 35.5 Å². The van der Waals surface area contributed by atoms with Crippen LogP contribution in [0.1, 0.15) is 136 Å². The van der Waals surface area contributed by atoms with Gasteiger partial charge in [-0.2, -0.15) is 0 Å². The number of rotatable bonds is 6. The summed E-state index contributed by atoms with van der Waals surface area (Å²) in [6, 6.07) is 1.54. The molecular formula is C34H57NO2. The Bertz CT molecular complexity index is 824. The predicted octanol–water partition coefficient (Wildman–Crippen LogP) is 7.96. The summed E-state index contributed by atoms with van der Waals surface area (Å²) < 4.78 is 6.46. The van der Waals surface area contributed by atoms with E-state index in [2.05, 4.69) is 26.1 Å². The van der Waals surface area contributed by atoms with Crippen molar-refractivity contribution in [3.05, 3.63) is 11.1 Å². The zero-order chi connectivity index (χ0) is 25.6. The van der Waals surface area contributed by atoms with Crippen molar-refractivity contribution < 1.29 is 9.84 Å². The van der Waals surface area contributed by atoms with E-state index in [9.17, 15) is 5.11 Å². The molecule has 5 saturated carbocycles. The van der Waals surface area contributed by atoms with Crippen LogP contribution >= 0.6 is 0 Å². The van der Waals surface area contributed by atoms with Crippen LogP contribution in [0, 0.1) is 35.0 Å². The summed E-state index contributed by atoms with van der Waals surface area (Å²) >= 11 is 0. The topological polar surface area (TPSA) is 41.5 Å². The predicted molar refractivity (Wildman–Crippen MR) is 152 cm³/mol. The van der Waals surface area contributed by atoms with Gasteiger partial charge in [0.25, 0.3) is 0 Å². The second-order valence-electron chi connectivity index (χ2n) is 15.0. The molecule has 0 heterocycles. The first-order valence-electron chi connectivity index (χ1n) is 16.7. The van der Waals surface area contributed by atoms with Gasteiger partial charge in [0, 0.05) is 18.7 Å². The summed E-state index contributed by atoms with van der Waals surface area (Å²) in [4.78, 5) is 0. The molecular weight excluding hydrogens is 454 g/mol. The maximum Gasteiger partial charge on any atom is 0.0663 e. The molecule has 0 amide bonds. The summed E-state index contributed by atoms with van der Waals surface area (Å²) in [7, 11) is 0. The molecule has 5 fully saturated rings. The minimum Gasteiger partial charge on any atom is -0.393 e. The number of hydrogen-bond donors (Lipinski definition) is 2. The van der Waals surface area contributed by atoms with Gasteiger partial charge in [0.2, 0.25) is 0 Å². The molecule has 0 radical (unpaired) electrons. The SMILES string of the molecule is CCCOC1(C)CCC2=C3C(C4CCC(NC5CCCCC5)CC4)CC4(C)C(O)CCC4C3CCC2C1. The molecule has 0 bridgehead atoms. The third-order valence-corrected chi connectivity index (χ3v) is 12.7. The Morgan fingerprint density at radius 2 is 1.59 bits per heavy atom. The van der Waals surface area contributed by atoms with Crippen LogP contribution in [0.25, 0.3) is 0 Å². The minimum atomic E-state index is -0.0781. The van der Waals surface area contributed by atoms with E-state index in [-0.39, 0.29) is 17.1 Å². The van der Waals surface area contributed by atoms with Crippen LogP contribution in [-0.2, 0) is 4.74 Å². The van der Waals surface area contributed by atoms with Gasteiger partial charge in [-0.1, -0.05) is 44.3 Å². The molecule has 0 spiro atoms.